The first-order valence-corrected chi connectivity index (χ1v) is 11.3. The standard InChI is InChI=1S/C27H36N2/c1-4-5-6-7-14-19-25(26-28-20-21-29(26)3)27(2,24-17-12-9-13-18-24)22-23-15-10-8-11-16-23/h8-13,15-18,20-21,25H,4-7,14,19,22H2,1-3H3/p+1. The average Bonchev–Trinajstić information content (AvgIpc) is 3.17. The first-order chi connectivity index (χ1) is 14.1. The number of aryl methyl sites for hydroxylation is 1. The summed E-state index contributed by atoms with van der Waals surface area (Å²) in [7, 11) is 2.17. The van der Waals surface area contributed by atoms with Gasteiger partial charge in [0.1, 0.15) is 12.4 Å². The summed E-state index contributed by atoms with van der Waals surface area (Å²) in [5, 5.41) is 0. The van der Waals surface area contributed by atoms with Gasteiger partial charge in [-0.25, -0.2) is 9.55 Å². The minimum absolute atomic E-state index is 0.0238. The van der Waals surface area contributed by atoms with E-state index < -0.39 is 0 Å². The molecule has 0 fully saturated rings. The Bertz CT molecular complexity index is 837. The van der Waals surface area contributed by atoms with Gasteiger partial charge in [-0.15, -0.1) is 0 Å². The van der Waals surface area contributed by atoms with Crippen LogP contribution in [0.2, 0.25) is 0 Å². The number of nitrogens with zero attached hydrogens (tertiary/aromatic N) is 1. The van der Waals surface area contributed by atoms with Crippen LogP contribution in [0.1, 0.15) is 75.2 Å². The Hall–Kier alpha value is -2.35. The van der Waals surface area contributed by atoms with E-state index in [-0.39, 0.29) is 5.41 Å². The lowest BCUT2D eigenvalue weighted by Crippen LogP contribution is -2.41. The third kappa shape index (κ3) is 5.38. The van der Waals surface area contributed by atoms with Crippen molar-refractivity contribution < 1.29 is 4.57 Å². The van der Waals surface area contributed by atoms with E-state index in [1.165, 1.54) is 55.5 Å². The molecule has 3 rings (SSSR count). The second-order valence-corrected chi connectivity index (χ2v) is 8.66. The molecule has 2 atom stereocenters. The maximum absolute atomic E-state index is 3.58. The van der Waals surface area contributed by atoms with Gasteiger partial charge in [0.2, 0.25) is 0 Å². The lowest BCUT2D eigenvalue weighted by Gasteiger charge is -2.37. The fourth-order valence-electron chi connectivity index (χ4n) is 4.74. The van der Waals surface area contributed by atoms with Gasteiger partial charge in [0.25, 0.3) is 5.82 Å². The Morgan fingerprint density at radius 3 is 2.17 bits per heavy atom. The fraction of sp³-hybridized carbons (Fsp3) is 0.444. The molecule has 0 radical (unpaired) electrons. The van der Waals surface area contributed by atoms with Crippen LogP contribution < -0.4 is 4.57 Å². The topological polar surface area (TPSA) is 19.7 Å². The van der Waals surface area contributed by atoms with Crippen LogP contribution in [0.4, 0.5) is 0 Å². The molecule has 2 aromatic carbocycles. The molecule has 0 aliphatic rings. The summed E-state index contributed by atoms with van der Waals surface area (Å²) in [5.74, 6) is 1.77. The summed E-state index contributed by atoms with van der Waals surface area (Å²) in [6.45, 7) is 4.75. The number of imidazole rings is 1. The number of hydrogen-bond acceptors (Lipinski definition) is 0. The number of nitrogens with one attached hydrogen (secondary N) is 1. The van der Waals surface area contributed by atoms with E-state index in [9.17, 15) is 0 Å². The third-order valence-electron chi connectivity index (χ3n) is 6.45. The molecule has 0 saturated carbocycles. The molecule has 0 aliphatic heterocycles. The van der Waals surface area contributed by atoms with E-state index in [0.717, 1.165) is 6.42 Å². The molecule has 29 heavy (non-hydrogen) atoms. The molecular weight excluding hydrogens is 352 g/mol. The molecule has 0 amide bonds. The zero-order valence-corrected chi connectivity index (χ0v) is 18.4. The van der Waals surface area contributed by atoms with Crippen molar-refractivity contribution in [1.82, 2.24) is 4.98 Å². The van der Waals surface area contributed by atoms with Gasteiger partial charge in [0.15, 0.2) is 0 Å². The monoisotopic (exact) mass is 389 g/mol. The van der Waals surface area contributed by atoms with Gasteiger partial charge < -0.3 is 0 Å². The van der Waals surface area contributed by atoms with Crippen molar-refractivity contribution in [2.24, 2.45) is 7.05 Å². The molecule has 0 bridgehead atoms. The number of rotatable bonds is 11. The van der Waals surface area contributed by atoms with E-state index in [0.29, 0.717) is 5.92 Å². The number of aromatic nitrogens is 2. The second-order valence-electron chi connectivity index (χ2n) is 8.66. The Morgan fingerprint density at radius 1 is 0.897 bits per heavy atom. The lowest BCUT2D eigenvalue weighted by molar-refractivity contribution is -0.679. The van der Waals surface area contributed by atoms with Crippen LogP contribution in [-0.2, 0) is 18.9 Å². The van der Waals surface area contributed by atoms with Crippen molar-refractivity contribution in [3.8, 4) is 0 Å². The lowest BCUT2D eigenvalue weighted by atomic mass is 9.66. The Balaban J connectivity index is 1.96. The molecule has 0 spiro atoms. The Morgan fingerprint density at radius 2 is 1.55 bits per heavy atom. The highest BCUT2D eigenvalue weighted by atomic mass is 15.0. The van der Waals surface area contributed by atoms with Crippen LogP contribution in [0.25, 0.3) is 0 Å². The molecular formula is C27H37N2+. The largest absolute Gasteiger partial charge is 0.258 e. The van der Waals surface area contributed by atoms with Crippen molar-refractivity contribution in [2.45, 2.75) is 70.1 Å². The maximum atomic E-state index is 3.58. The average molecular weight is 390 g/mol. The van der Waals surface area contributed by atoms with Crippen LogP contribution in [-0.4, -0.2) is 4.98 Å². The van der Waals surface area contributed by atoms with Crippen LogP contribution in [0.15, 0.2) is 73.1 Å². The summed E-state index contributed by atoms with van der Waals surface area (Å²) in [6, 6.07) is 22.1. The quantitative estimate of drug-likeness (QED) is 0.286. The minimum atomic E-state index is 0.0238. The normalized spacial score (nSPS) is 14.4. The van der Waals surface area contributed by atoms with E-state index in [4.69, 9.17) is 0 Å². The summed E-state index contributed by atoms with van der Waals surface area (Å²) in [6.07, 6.45) is 13.1. The van der Waals surface area contributed by atoms with Gasteiger partial charge >= 0.3 is 0 Å². The van der Waals surface area contributed by atoms with Gasteiger partial charge in [0, 0.05) is 5.41 Å². The molecule has 1 N–H and O–H groups in total. The van der Waals surface area contributed by atoms with E-state index in [1.807, 2.05) is 0 Å². The maximum Gasteiger partial charge on any atom is 0.258 e. The molecule has 2 heteroatoms. The zero-order chi connectivity index (χ0) is 20.5. The first-order valence-electron chi connectivity index (χ1n) is 11.3. The van der Waals surface area contributed by atoms with Crippen LogP contribution in [0, 0.1) is 0 Å². The summed E-state index contributed by atoms with van der Waals surface area (Å²) < 4.78 is 2.28. The van der Waals surface area contributed by atoms with Gasteiger partial charge in [0.05, 0.1) is 13.0 Å². The van der Waals surface area contributed by atoms with Crippen molar-refractivity contribution in [3.63, 3.8) is 0 Å². The highest BCUT2D eigenvalue weighted by Crippen LogP contribution is 2.43. The van der Waals surface area contributed by atoms with Crippen LogP contribution >= 0.6 is 0 Å². The number of unbranched alkanes of at least 4 members (excludes halogenated alkanes) is 4. The van der Waals surface area contributed by atoms with Crippen molar-refractivity contribution >= 4 is 0 Å². The summed E-state index contributed by atoms with van der Waals surface area (Å²) in [5.41, 5.74) is 2.86. The molecule has 3 aromatic rings. The van der Waals surface area contributed by atoms with E-state index in [1.54, 1.807) is 0 Å². The van der Waals surface area contributed by atoms with E-state index >= 15 is 0 Å². The summed E-state index contributed by atoms with van der Waals surface area (Å²) in [4.78, 5) is 3.58. The SMILES string of the molecule is CCCCCCCC(c1[nH]cc[n+]1C)C(C)(Cc1ccccc1)c1ccccc1. The molecule has 1 aromatic heterocycles. The van der Waals surface area contributed by atoms with Crippen molar-refractivity contribution in [1.29, 1.82) is 0 Å². The Kier molecular flexibility index (Phi) is 7.69. The van der Waals surface area contributed by atoms with Crippen molar-refractivity contribution in [2.75, 3.05) is 0 Å². The number of benzene rings is 2. The van der Waals surface area contributed by atoms with Gasteiger partial charge in [-0.05, 0) is 24.0 Å². The minimum Gasteiger partial charge on any atom is -0.247 e. The molecule has 154 valence electrons. The predicted molar refractivity (Wildman–Crippen MR) is 122 cm³/mol. The fourth-order valence-corrected chi connectivity index (χ4v) is 4.74. The molecule has 2 nitrogen and oxygen atoms in total. The second kappa shape index (κ2) is 10.4. The number of hydrogen-bond donors (Lipinski definition) is 1. The summed E-state index contributed by atoms with van der Waals surface area (Å²) >= 11 is 0. The predicted octanol–water partition coefficient (Wildman–Crippen LogP) is 6.48. The first kappa shape index (κ1) is 21.4. The van der Waals surface area contributed by atoms with Gasteiger partial charge in [-0.2, -0.15) is 0 Å². The zero-order valence-electron chi connectivity index (χ0n) is 18.4. The highest BCUT2D eigenvalue weighted by molar-refractivity contribution is 5.32. The number of aromatic amines is 1. The number of H-pyrrole nitrogens is 1. The molecule has 0 saturated heterocycles. The van der Waals surface area contributed by atoms with Gasteiger partial charge in [-0.3, -0.25) is 0 Å². The molecule has 0 aliphatic carbocycles. The third-order valence-corrected chi connectivity index (χ3v) is 6.45. The Labute approximate surface area is 177 Å². The highest BCUT2D eigenvalue weighted by Gasteiger charge is 2.41. The van der Waals surface area contributed by atoms with Gasteiger partial charge in [-0.1, -0.05) is 107 Å². The van der Waals surface area contributed by atoms with Crippen LogP contribution in [0.5, 0.6) is 0 Å². The molecule has 2 unspecified atom stereocenters. The van der Waals surface area contributed by atoms with E-state index in [2.05, 4.69) is 104 Å². The molecule has 1 heterocycles. The van der Waals surface area contributed by atoms with Crippen molar-refractivity contribution in [3.05, 3.63) is 90.0 Å². The van der Waals surface area contributed by atoms with Crippen LogP contribution in [0.3, 0.4) is 0 Å². The smallest absolute Gasteiger partial charge is 0.247 e.